The van der Waals surface area contributed by atoms with Crippen molar-refractivity contribution in [2.24, 2.45) is 0 Å². The molecule has 328 valence electrons. The van der Waals surface area contributed by atoms with Crippen LogP contribution < -0.4 is 9.80 Å². The largest absolute Gasteiger partial charge is 0.455 e. The molecule has 0 fully saturated rings. The van der Waals surface area contributed by atoms with Gasteiger partial charge in [-0.15, -0.1) is 0 Å². The minimum atomic E-state index is -0.606. The lowest BCUT2D eigenvalue weighted by atomic mass is 9.64. The van der Waals surface area contributed by atoms with Gasteiger partial charge in [-0.1, -0.05) is 206 Å². The molecule has 0 bridgehead atoms. The van der Waals surface area contributed by atoms with E-state index in [9.17, 15) is 0 Å². The van der Waals surface area contributed by atoms with E-state index < -0.39 is 5.41 Å². The van der Waals surface area contributed by atoms with Crippen molar-refractivity contribution in [1.82, 2.24) is 0 Å². The fourth-order valence-corrected chi connectivity index (χ4v) is 11.8. The highest BCUT2D eigenvalue weighted by molar-refractivity contribution is 6.10. The van der Waals surface area contributed by atoms with E-state index in [1.807, 2.05) is 6.07 Å². The molecule has 2 heterocycles. The number of anilines is 6. The molecule has 0 unspecified atom stereocenters. The first-order valence-corrected chi connectivity index (χ1v) is 24.1. The zero-order valence-electron chi connectivity index (χ0n) is 38.2. The van der Waals surface area contributed by atoms with Crippen LogP contribution in [0.25, 0.3) is 66.4 Å². The van der Waals surface area contributed by atoms with Gasteiger partial charge in [0.1, 0.15) is 11.2 Å². The van der Waals surface area contributed by atoms with Gasteiger partial charge in [-0.05, 0) is 111 Å². The van der Waals surface area contributed by atoms with E-state index in [0.717, 1.165) is 66.9 Å². The van der Waals surface area contributed by atoms with Crippen LogP contribution in [-0.4, -0.2) is 0 Å². The third-order valence-corrected chi connectivity index (χ3v) is 14.7. The van der Waals surface area contributed by atoms with Crippen LogP contribution in [0.3, 0.4) is 0 Å². The SMILES string of the molecule is c1ccc(-c2cccc(-c3ccccc3N(c3ccc(-c4cccc5c4oc4ccccc45)cc3)c3cccc4c3-c3ccccc3C43c4ccccc4N(c4ccccc4)c4ccccc43)c2)cc1. The van der Waals surface area contributed by atoms with Crippen molar-refractivity contribution in [1.29, 1.82) is 0 Å². The lowest BCUT2D eigenvalue weighted by molar-refractivity contribution is 0.670. The molecule has 70 heavy (non-hydrogen) atoms. The van der Waals surface area contributed by atoms with E-state index in [1.54, 1.807) is 0 Å². The smallest absolute Gasteiger partial charge is 0.143 e. The molecule has 2 aliphatic rings. The molecule has 1 spiro atoms. The normalized spacial score (nSPS) is 12.9. The van der Waals surface area contributed by atoms with Crippen LogP contribution in [0.1, 0.15) is 22.3 Å². The van der Waals surface area contributed by atoms with Crippen molar-refractivity contribution in [2.45, 2.75) is 5.41 Å². The molecule has 11 aromatic carbocycles. The van der Waals surface area contributed by atoms with Crippen molar-refractivity contribution in [3.05, 3.63) is 289 Å². The zero-order valence-corrected chi connectivity index (χ0v) is 38.2. The van der Waals surface area contributed by atoms with Crippen LogP contribution in [-0.2, 0) is 5.41 Å². The van der Waals surface area contributed by atoms with Gasteiger partial charge < -0.3 is 14.2 Å². The summed E-state index contributed by atoms with van der Waals surface area (Å²) in [5, 5.41) is 2.25. The Morgan fingerprint density at radius 3 is 1.67 bits per heavy atom. The van der Waals surface area contributed by atoms with Gasteiger partial charge in [0, 0.05) is 38.8 Å². The van der Waals surface area contributed by atoms with Crippen molar-refractivity contribution in [3.8, 4) is 44.5 Å². The maximum atomic E-state index is 6.57. The van der Waals surface area contributed by atoms with Crippen LogP contribution in [0, 0.1) is 0 Å². The van der Waals surface area contributed by atoms with Crippen molar-refractivity contribution < 1.29 is 4.42 Å². The van der Waals surface area contributed by atoms with Gasteiger partial charge in [0.25, 0.3) is 0 Å². The van der Waals surface area contributed by atoms with E-state index in [1.165, 1.54) is 55.9 Å². The number of hydrogen-bond acceptors (Lipinski definition) is 3. The summed E-state index contributed by atoms with van der Waals surface area (Å²) in [6.45, 7) is 0. The fourth-order valence-electron chi connectivity index (χ4n) is 11.8. The molecule has 1 aliphatic carbocycles. The van der Waals surface area contributed by atoms with E-state index in [0.29, 0.717) is 0 Å². The molecule has 3 nitrogen and oxygen atoms in total. The highest BCUT2D eigenvalue weighted by Gasteiger charge is 2.52. The molecule has 0 amide bonds. The molecular formula is C67H44N2O. The summed E-state index contributed by atoms with van der Waals surface area (Å²) in [5.41, 5.74) is 22.3. The van der Waals surface area contributed by atoms with Crippen molar-refractivity contribution in [2.75, 3.05) is 9.80 Å². The second kappa shape index (κ2) is 16.0. The minimum Gasteiger partial charge on any atom is -0.455 e. The minimum absolute atomic E-state index is 0.606. The summed E-state index contributed by atoms with van der Waals surface area (Å²) in [5.74, 6) is 0. The van der Waals surface area contributed by atoms with Gasteiger partial charge in [-0.3, -0.25) is 0 Å². The Morgan fingerprint density at radius 1 is 0.343 bits per heavy atom. The monoisotopic (exact) mass is 892 g/mol. The van der Waals surface area contributed by atoms with E-state index in [2.05, 4.69) is 271 Å². The average molecular weight is 893 g/mol. The second-order valence-corrected chi connectivity index (χ2v) is 18.3. The molecule has 0 saturated heterocycles. The Kier molecular flexibility index (Phi) is 9.11. The average Bonchev–Trinajstić information content (AvgIpc) is 3.97. The zero-order chi connectivity index (χ0) is 46.2. The van der Waals surface area contributed by atoms with Crippen LogP contribution in [0.15, 0.2) is 271 Å². The number of nitrogens with zero attached hydrogens (tertiary/aromatic N) is 2. The molecule has 1 aromatic heterocycles. The van der Waals surface area contributed by atoms with Crippen LogP contribution >= 0.6 is 0 Å². The molecule has 0 atom stereocenters. The van der Waals surface area contributed by atoms with Gasteiger partial charge in [-0.2, -0.15) is 0 Å². The summed E-state index contributed by atoms with van der Waals surface area (Å²) < 4.78 is 6.57. The summed E-state index contributed by atoms with van der Waals surface area (Å²) in [7, 11) is 0. The molecule has 0 N–H and O–H groups in total. The van der Waals surface area contributed by atoms with E-state index in [4.69, 9.17) is 4.42 Å². The molecular weight excluding hydrogens is 849 g/mol. The molecule has 14 rings (SSSR count). The summed E-state index contributed by atoms with van der Waals surface area (Å²) >= 11 is 0. The van der Waals surface area contributed by atoms with Gasteiger partial charge in [0.15, 0.2) is 0 Å². The van der Waals surface area contributed by atoms with Crippen molar-refractivity contribution in [3.63, 3.8) is 0 Å². The lowest BCUT2D eigenvalue weighted by Crippen LogP contribution is -2.36. The maximum absolute atomic E-state index is 6.57. The highest BCUT2D eigenvalue weighted by Crippen LogP contribution is 2.65. The Balaban J connectivity index is 1.02. The number of furan rings is 1. The van der Waals surface area contributed by atoms with Crippen LogP contribution in [0.4, 0.5) is 34.1 Å². The first kappa shape index (κ1) is 39.9. The maximum Gasteiger partial charge on any atom is 0.143 e. The predicted molar refractivity (Wildman–Crippen MR) is 290 cm³/mol. The summed E-state index contributed by atoms with van der Waals surface area (Å²) in [6.07, 6.45) is 0. The van der Waals surface area contributed by atoms with Gasteiger partial charge in [0.05, 0.1) is 28.2 Å². The summed E-state index contributed by atoms with van der Waals surface area (Å²) in [4.78, 5) is 4.95. The first-order chi connectivity index (χ1) is 34.8. The number of benzene rings is 11. The fraction of sp³-hybridized carbons (Fsp3) is 0.0149. The first-order valence-electron chi connectivity index (χ1n) is 24.1. The third kappa shape index (κ3) is 5.95. The number of fused-ring (bicyclic) bond motifs is 12. The van der Waals surface area contributed by atoms with E-state index in [-0.39, 0.29) is 0 Å². The third-order valence-electron chi connectivity index (χ3n) is 14.7. The quantitative estimate of drug-likeness (QED) is 0.159. The predicted octanol–water partition coefficient (Wildman–Crippen LogP) is 18.2. The molecule has 0 radical (unpaired) electrons. The standard InChI is InChI=1S/C67H44N2O/c1-3-20-45(21-4-1)47-22-17-23-48(44-47)51-26-8-13-35-60(51)68(50-42-40-46(41-43-50)52-29-18-30-54-53-27-9-16-39-64(53)70-66(52)54)63-38-19-34-59-65(63)55-28-7-10-31-56(55)67(59)57-32-11-14-36-61(57)69(49-24-5-2-6-25-49)62-37-15-12-33-58(62)67/h1-44H. The molecule has 3 heteroatoms. The van der Waals surface area contributed by atoms with Crippen LogP contribution in [0.2, 0.25) is 0 Å². The number of hydrogen-bond donors (Lipinski definition) is 0. The van der Waals surface area contributed by atoms with Crippen molar-refractivity contribution >= 4 is 56.1 Å². The van der Waals surface area contributed by atoms with Gasteiger partial charge >= 0.3 is 0 Å². The van der Waals surface area contributed by atoms with Crippen LogP contribution in [0.5, 0.6) is 0 Å². The number of para-hydroxylation sites is 6. The summed E-state index contributed by atoms with van der Waals surface area (Å²) in [6, 6.07) is 97.4. The Bertz CT molecular complexity index is 3920. The topological polar surface area (TPSA) is 19.6 Å². The molecule has 1 aliphatic heterocycles. The molecule has 12 aromatic rings. The highest BCUT2D eigenvalue weighted by atomic mass is 16.3. The van der Waals surface area contributed by atoms with Gasteiger partial charge in [0.2, 0.25) is 0 Å². The second-order valence-electron chi connectivity index (χ2n) is 18.3. The Morgan fingerprint density at radius 2 is 0.886 bits per heavy atom. The molecule has 0 saturated carbocycles. The van der Waals surface area contributed by atoms with Gasteiger partial charge in [-0.25, -0.2) is 0 Å². The lowest BCUT2D eigenvalue weighted by Gasteiger charge is -2.45. The Labute approximate surface area is 407 Å². The van der Waals surface area contributed by atoms with E-state index >= 15 is 0 Å². The number of rotatable bonds is 7. The Hall–Kier alpha value is -9.18.